The standard InChI is InChI=1S/C31H50O2/c1-18-16-19(2)31(9)25(33)17-30(8)21(26(31)20(18)3)10-11-23-28(6)14-13-24(32)27(4,5)22(28)12-15-29(23,30)7/h16,20-26,32-33H,2,10-15,17H2,1,3-9H3. The van der Waals surface area contributed by atoms with E-state index in [1.165, 1.54) is 31.3 Å². The maximum atomic E-state index is 11.8. The molecule has 0 spiro atoms. The van der Waals surface area contributed by atoms with Gasteiger partial charge < -0.3 is 10.2 Å². The molecule has 5 aliphatic rings. The Morgan fingerprint density at radius 1 is 0.848 bits per heavy atom. The number of hydrogen-bond acceptors (Lipinski definition) is 2. The summed E-state index contributed by atoms with van der Waals surface area (Å²) in [4.78, 5) is 0. The molecule has 4 fully saturated rings. The van der Waals surface area contributed by atoms with Crippen molar-refractivity contribution in [2.75, 3.05) is 0 Å². The molecule has 0 aliphatic heterocycles. The highest BCUT2D eigenvalue weighted by Gasteiger charge is 2.71. The fraction of sp³-hybridized carbons (Fsp3) is 0.871. The minimum absolute atomic E-state index is 0.00569. The highest BCUT2D eigenvalue weighted by atomic mass is 16.3. The molecular formula is C31H50O2. The van der Waals surface area contributed by atoms with Crippen molar-refractivity contribution in [1.29, 1.82) is 0 Å². The molecule has 33 heavy (non-hydrogen) atoms. The number of aliphatic hydroxyl groups excluding tert-OH is 2. The second kappa shape index (κ2) is 7.00. The van der Waals surface area contributed by atoms with Crippen LogP contribution in [0, 0.1) is 56.7 Å². The normalized spacial score (nSPS) is 57.8. The molecule has 0 saturated heterocycles. The van der Waals surface area contributed by atoms with Crippen molar-refractivity contribution >= 4 is 0 Å². The molecule has 0 aromatic carbocycles. The summed E-state index contributed by atoms with van der Waals surface area (Å²) in [5.74, 6) is 2.86. The average Bonchev–Trinajstić information content (AvgIpc) is 2.71. The van der Waals surface area contributed by atoms with Crippen molar-refractivity contribution in [2.45, 2.75) is 113 Å². The molecule has 11 atom stereocenters. The van der Waals surface area contributed by atoms with Gasteiger partial charge >= 0.3 is 0 Å². The second-order valence-corrected chi connectivity index (χ2v) is 14.8. The smallest absolute Gasteiger partial charge is 0.0642 e. The van der Waals surface area contributed by atoms with Crippen LogP contribution in [0.3, 0.4) is 0 Å². The maximum Gasteiger partial charge on any atom is 0.0642 e. The third kappa shape index (κ3) is 2.69. The quantitative estimate of drug-likeness (QED) is 0.407. The zero-order chi connectivity index (χ0) is 24.4. The first-order chi connectivity index (χ1) is 15.2. The van der Waals surface area contributed by atoms with Gasteiger partial charge in [0.15, 0.2) is 0 Å². The lowest BCUT2D eigenvalue weighted by atomic mass is 9.31. The molecule has 11 unspecified atom stereocenters. The third-order valence-corrected chi connectivity index (χ3v) is 13.7. The summed E-state index contributed by atoms with van der Waals surface area (Å²) in [5.41, 5.74) is 3.05. The van der Waals surface area contributed by atoms with Gasteiger partial charge in [-0.1, -0.05) is 66.7 Å². The molecule has 2 N–H and O–H groups in total. The first kappa shape index (κ1) is 24.1. The number of rotatable bonds is 0. The predicted octanol–water partition coefficient (Wildman–Crippen LogP) is 7.16. The lowest BCUT2D eigenvalue weighted by Crippen LogP contribution is -2.69. The van der Waals surface area contributed by atoms with E-state index >= 15 is 0 Å². The topological polar surface area (TPSA) is 40.5 Å². The van der Waals surface area contributed by atoms with Crippen LogP contribution in [0.5, 0.6) is 0 Å². The van der Waals surface area contributed by atoms with Crippen molar-refractivity contribution < 1.29 is 10.2 Å². The van der Waals surface area contributed by atoms with Gasteiger partial charge in [0.05, 0.1) is 12.2 Å². The zero-order valence-corrected chi connectivity index (χ0v) is 22.7. The molecule has 2 nitrogen and oxygen atoms in total. The Morgan fingerprint density at radius 2 is 1.52 bits per heavy atom. The van der Waals surface area contributed by atoms with E-state index < -0.39 is 0 Å². The summed E-state index contributed by atoms with van der Waals surface area (Å²) >= 11 is 0. The first-order valence-corrected chi connectivity index (χ1v) is 13.9. The lowest BCUT2D eigenvalue weighted by Gasteiger charge is -2.74. The Labute approximate surface area is 203 Å². The van der Waals surface area contributed by atoms with Crippen molar-refractivity contribution in [3.63, 3.8) is 0 Å². The zero-order valence-electron chi connectivity index (χ0n) is 22.7. The van der Waals surface area contributed by atoms with Gasteiger partial charge in [-0.15, -0.1) is 0 Å². The molecule has 5 aliphatic carbocycles. The Morgan fingerprint density at radius 3 is 2.18 bits per heavy atom. The minimum Gasteiger partial charge on any atom is -0.393 e. The second-order valence-electron chi connectivity index (χ2n) is 14.8. The van der Waals surface area contributed by atoms with Crippen LogP contribution in [-0.2, 0) is 0 Å². The van der Waals surface area contributed by atoms with Crippen LogP contribution in [0.25, 0.3) is 0 Å². The van der Waals surface area contributed by atoms with E-state index in [9.17, 15) is 10.2 Å². The Hall–Kier alpha value is -0.600. The van der Waals surface area contributed by atoms with E-state index in [4.69, 9.17) is 0 Å². The molecule has 0 radical (unpaired) electrons. The molecule has 5 rings (SSSR count). The van der Waals surface area contributed by atoms with Gasteiger partial charge in [0, 0.05) is 5.41 Å². The Bertz CT molecular complexity index is 885. The highest BCUT2D eigenvalue weighted by Crippen LogP contribution is 2.76. The summed E-state index contributed by atoms with van der Waals surface area (Å²) in [5, 5.41) is 22.8. The number of fused-ring (bicyclic) bond motifs is 7. The summed E-state index contributed by atoms with van der Waals surface area (Å²) in [6.45, 7) is 23.9. The van der Waals surface area contributed by atoms with Crippen LogP contribution in [0.4, 0.5) is 0 Å². The Balaban J connectivity index is 1.59. The van der Waals surface area contributed by atoms with Gasteiger partial charge in [0.25, 0.3) is 0 Å². The monoisotopic (exact) mass is 454 g/mol. The molecule has 4 saturated carbocycles. The van der Waals surface area contributed by atoms with E-state index in [1.54, 1.807) is 0 Å². The van der Waals surface area contributed by atoms with Gasteiger partial charge in [-0.05, 0) is 109 Å². The molecule has 186 valence electrons. The summed E-state index contributed by atoms with van der Waals surface area (Å²) in [6, 6.07) is 0. The highest BCUT2D eigenvalue weighted by molar-refractivity contribution is 5.37. The van der Waals surface area contributed by atoms with Crippen LogP contribution >= 0.6 is 0 Å². The largest absolute Gasteiger partial charge is 0.393 e. The SMILES string of the molecule is C=C1C=C(C)C(C)C2C3CCC4C5(C)CCC(O)C(C)(C)C5CCC4(C)C3(C)CC(O)C12C. The van der Waals surface area contributed by atoms with E-state index in [0.717, 1.165) is 24.8 Å². The summed E-state index contributed by atoms with van der Waals surface area (Å²) < 4.78 is 0. The molecule has 0 aromatic rings. The van der Waals surface area contributed by atoms with Crippen molar-refractivity contribution in [1.82, 2.24) is 0 Å². The van der Waals surface area contributed by atoms with Crippen LogP contribution in [0.2, 0.25) is 0 Å². The van der Waals surface area contributed by atoms with Crippen LogP contribution in [0.15, 0.2) is 23.8 Å². The molecule has 0 bridgehead atoms. The molecule has 2 heteroatoms. The molecule has 0 amide bonds. The van der Waals surface area contributed by atoms with Gasteiger partial charge in [-0.25, -0.2) is 0 Å². The van der Waals surface area contributed by atoms with E-state index in [0.29, 0.717) is 29.6 Å². The van der Waals surface area contributed by atoms with Crippen LogP contribution < -0.4 is 0 Å². The summed E-state index contributed by atoms with van der Waals surface area (Å²) in [7, 11) is 0. The average molecular weight is 455 g/mol. The summed E-state index contributed by atoms with van der Waals surface area (Å²) in [6.07, 6.45) is 9.82. The van der Waals surface area contributed by atoms with Crippen molar-refractivity contribution in [3.05, 3.63) is 23.8 Å². The fourth-order valence-corrected chi connectivity index (χ4v) is 11.3. The van der Waals surface area contributed by atoms with Crippen LogP contribution in [-0.4, -0.2) is 22.4 Å². The molecule has 0 aromatic heterocycles. The van der Waals surface area contributed by atoms with Gasteiger partial charge in [-0.3, -0.25) is 0 Å². The lowest BCUT2D eigenvalue weighted by molar-refractivity contribution is -0.262. The van der Waals surface area contributed by atoms with Gasteiger partial charge in [-0.2, -0.15) is 0 Å². The number of hydrogen-bond donors (Lipinski definition) is 2. The van der Waals surface area contributed by atoms with Gasteiger partial charge in [0.2, 0.25) is 0 Å². The van der Waals surface area contributed by atoms with Crippen molar-refractivity contribution in [2.24, 2.45) is 56.7 Å². The predicted molar refractivity (Wildman–Crippen MR) is 137 cm³/mol. The maximum absolute atomic E-state index is 11.8. The molecule has 0 heterocycles. The van der Waals surface area contributed by atoms with E-state index in [2.05, 4.69) is 68.0 Å². The van der Waals surface area contributed by atoms with Gasteiger partial charge in [0.1, 0.15) is 0 Å². The van der Waals surface area contributed by atoms with E-state index in [-0.39, 0.29) is 39.3 Å². The first-order valence-electron chi connectivity index (χ1n) is 13.9. The Kier molecular flexibility index (Phi) is 5.11. The fourth-order valence-electron chi connectivity index (χ4n) is 11.3. The van der Waals surface area contributed by atoms with Crippen LogP contribution in [0.1, 0.15) is 100 Å². The number of aliphatic hydroxyl groups is 2. The minimum atomic E-state index is -0.325. The van der Waals surface area contributed by atoms with Crippen molar-refractivity contribution in [3.8, 4) is 0 Å². The number of allylic oxidation sites excluding steroid dienone is 2. The van der Waals surface area contributed by atoms with E-state index in [1.807, 2.05) is 0 Å². The third-order valence-electron chi connectivity index (χ3n) is 13.7. The molecular weight excluding hydrogens is 404 g/mol.